The van der Waals surface area contributed by atoms with Gasteiger partial charge in [0.25, 0.3) is 0 Å². The van der Waals surface area contributed by atoms with Crippen LogP contribution >= 0.6 is 0 Å². The molecule has 1 aromatic rings. The first-order valence-electron chi connectivity index (χ1n) is 5.11. The molecule has 0 unspecified atom stereocenters. The van der Waals surface area contributed by atoms with Crippen LogP contribution in [0.3, 0.4) is 0 Å². The molecule has 0 saturated heterocycles. The van der Waals surface area contributed by atoms with Crippen molar-refractivity contribution in [2.24, 2.45) is 10.9 Å². The third-order valence-electron chi connectivity index (χ3n) is 3.14. The molecule has 0 fully saturated rings. The molecule has 0 spiro atoms. The zero-order chi connectivity index (χ0) is 9.54. The lowest BCUT2D eigenvalue weighted by atomic mass is 9.84. The van der Waals surface area contributed by atoms with E-state index >= 15 is 0 Å². The second-order valence-corrected chi connectivity index (χ2v) is 4.11. The van der Waals surface area contributed by atoms with Crippen molar-refractivity contribution in [2.45, 2.75) is 12.8 Å². The highest BCUT2D eigenvalue weighted by atomic mass is 16.5. The van der Waals surface area contributed by atoms with Crippen molar-refractivity contribution in [3.63, 3.8) is 0 Å². The molecule has 72 valence electrons. The molecule has 2 aliphatic heterocycles. The third kappa shape index (κ3) is 0.999. The molecule has 0 aromatic heterocycles. The summed E-state index contributed by atoms with van der Waals surface area (Å²) in [6.07, 6.45) is 0. The molecule has 2 heterocycles. The molecule has 2 heteroatoms. The van der Waals surface area contributed by atoms with Gasteiger partial charge in [-0.05, 0) is 12.0 Å². The van der Waals surface area contributed by atoms with E-state index < -0.39 is 0 Å². The second-order valence-electron chi connectivity index (χ2n) is 4.11. The zero-order valence-corrected chi connectivity index (χ0v) is 8.23. The topological polar surface area (TPSA) is 21.6 Å². The largest absolute Gasteiger partial charge is 0.487 e. The number of ether oxygens (including phenoxy) is 1. The highest BCUT2D eigenvalue weighted by molar-refractivity contribution is 5.95. The summed E-state index contributed by atoms with van der Waals surface area (Å²) in [6.45, 7) is 3.91. The van der Waals surface area contributed by atoms with Crippen molar-refractivity contribution >= 4 is 5.71 Å². The van der Waals surface area contributed by atoms with Crippen LogP contribution < -0.4 is 4.74 Å². The predicted molar refractivity (Wildman–Crippen MR) is 56.1 cm³/mol. The van der Waals surface area contributed by atoms with E-state index in [9.17, 15) is 0 Å². The highest BCUT2D eigenvalue weighted by Gasteiger charge is 2.34. The van der Waals surface area contributed by atoms with Crippen LogP contribution in [0.1, 0.15) is 18.4 Å². The molecule has 3 rings (SSSR count). The van der Waals surface area contributed by atoms with Gasteiger partial charge in [0.1, 0.15) is 12.4 Å². The Bertz CT molecular complexity index is 397. The van der Waals surface area contributed by atoms with E-state index in [0.717, 1.165) is 12.3 Å². The summed E-state index contributed by atoms with van der Waals surface area (Å²) >= 11 is 0. The Hall–Kier alpha value is -1.31. The zero-order valence-electron chi connectivity index (χ0n) is 8.23. The molecular weight excluding hydrogens is 174 g/mol. The van der Waals surface area contributed by atoms with Gasteiger partial charge < -0.3 is 4.74 Å². The van der Waals surface area contributed by atoms with Crippen molar-refractivity contribution in [2.75, 3.05) is 13.2 Å². The van der Waals surface area contributed by atoms with Gasteiger partial charge in [0, 0.05) is 18.0 Å². The van der Waals surface area contributed by atoms with E-state index in [2.05, 4.69) is 30.1 Å². The molecule has 0 radical (unpaired) electrons. The van der Waals surface area contributed by atoms with Crippen molar-refractivity contribution < 1.29 is 4.74 Å². The van der Waals surface area contributed by atoms with E-state index in [-0.39, 0.29) is 0 Å². The van der Waals surface area contributed by atoms with Gasteiger partial charge in [0.2, 0.25) is 0 Å². The molecule has 0 bridgehead atoms. The first-order valence-corrected chi connectivity index (χ1v) is 5.11. The Morgan fingerprint density at radius 3 is 3.14 bits per heavy atom. The minimum absolute atomic E-state index is 0.514. The lowest BCUT2D eigenvalue weighted by Crippen LogP contribution is -2.26. The van der Waals surface area contributed by atoms with Gasteiger partial charge in [0.15, 0.2) is 0 Å². The fraction of sp³-hybridized carbons (Fsp3) is 0.417. The van der Waals surface area contributed by atoms with E-state index in [1.54, 1.807) is 0 Å². The second kappa shape index (κ2) is 2.84. The Morgan fingerprint density at radius 2 is 2.21 bits per heavy atom. The van der Waals surface area contributed by atoms with Crippen LogP contribution in [0.5, 0.6) is 5.75 Å². The van der Waals surface area contributed by atoms with Crippen molar-refractivity contribution in [3.05, 3.63) is 29.8 Å². The van der Waals surface area contributed by atoms with Gasteiger partial charge in [-0.1, -0.05) is 25.1 Å². The Balaban J connectivity index is 2.12. The van der Waals surface area contributed by atoms with Gasteiger partial charge in [-0.15, -0.1) is 0 Å². The molecule has 0 amide bonds. The quantitative estimate of drug-likeness (QED) is 0.610. The fourth-order valence-electron chi connectivity index (χ4n) is 2.44. The number of aliphatic imine (C=N–C) groups is 1. The van der Waals surface area contributed by atoms with Crippen molar-refractivity contribution in [1.82, 2.24) is 0 Å². The van der Waals surface area contributed by atoms with Gasteiger partial charge >= 0.3 is 0 Å². The number of hydrogen-bond acceptors (Lipinski definition) is 2. The SMILES string of the molecule is C[C@H]1CN=C2COc3ccccc3[C@H]21. The lowest BCUT2D eigenvalue weighted by Gasteiger charge is -2.26. The van der Waals surface area contributed by atoms with Crippen LogP contribution in [-0.2, 0) is 0 Å². The maximum atomic E-state index is 5.65. The molecular formula is C12H13NO. The standard InChI is InChI=1S/C12H13NO/c1-8-6-13-10-7-14-11-5-3-2-4-9(11)12(8)10/h2-5,8,12H,6-7H2,1H3/t8-,12+/m0/s1. The van der Waals surface area contributed by atoms with Crippen LogP contribution in [-0.4, -0.2) is 18.9 Å². The van der Waals surface area contributed by atoms with Crippen molar-refractivity contribution in [1.29, 1.82) is 0 Å². The minimum Gasteiger partial charge on any atom is -0.487 e. The summed E-state index contributed by atoms with van der Waals surface area (Å²) in [5, 5.41) is 0. The highest BCUT2D eigenvalue weighted by Crippen LogP contribution is 2.39. The fourth-order valence-corrected chi connectivity index (χ4v) is 2.44. The Labute approximate surface area is 83.6 Å². The Kier molecular flexibility index (Phi) is 1.63. The summed E-state index contributed by atoms with van der Waals surface area (Å²) in [4.78, 5) is 4.53. The molecule has 0 saturated carbocycles. The number of hydrogen-bond donors (Lipinski definition) is 0. The summed E-state index contributed by atoms with van der Waals surface area (Å²) in [5.41, 5.74) is 2.55. The van der Waals surface area contributed by atoms with Crippen LogP contribution in [0.25, 0.3) is 0 Å². The third-order valence-corrected chi connectivity index (χ3v) is 3.14. The molecule has 14 heavy (non-hydrogen) atoms. The normalized spacial score (nSPS) is 28.8. The summed E-state index contributed by atoms with van der Waals surface area (Å²) in [6, 6.07) is 8.32. The maximum Gasteiger partial charge on any atom is 0.127 e. The maximum absolute atomic E-state index is 5.65. The molecule has 2 nitrogen and oxygen atoms in total. The summed E-state index contributed by atoms with van der Waals surface area (Å²) in [5.74, 6) is 2.19. The van der Waals surface area contributed by atoms with Gasteiger partial charge in [-0.3, -0.25) is 4.99 Å². The monoisotopic (exact) mass is 187 g/mol. The number of fused-ring (bicyclic) bond motifs is 3. The van der Waals surface area contributed by atoms with Crippen LogP contribution in [0.15, 0.2) is 29.3 Å². The van der Waals surface area contributed by atoms with Crippen LogP contribution in [0.2, 0.25) is 0 Å². The number of para-hydroxylation sites is 1. The summed E-state index contributed by atoms with van der Waals surface area (Å²) in [7, 11) is 0. The Morgan fingerprint density at radius 1 is 1.36 bits per heavy atom. The molecule has 2 atom stereocenters. The van der Waals surface area contributed by atoms with Gasteiger partial charge in [-0.25, -0.2) is 0 Å². The summed E-state index contributed by atoms with van der Waals surface area (Å²) < 4.78 is 5.65. The number of nitrogens with zero attached hydrogens (tertiary/aromatic N) is 1. The van der Waals surface area contributed by atoms with Gasteiger partial charge in [-0.2, -0.15) is 0 Å². The first kappa shape index (κ1) is 8.04. The molecule has 1 aromatic carbocycles. The van der Waals surface area contributed by atoms with Crippen LogP contribution in [0.4, 0.5) is 0 Å². The lowest BCUT2D eigenvalue weighted by molar-refractivity contribution is 0.350. The predicted octanol–water partition coefficient (Wildman–Crippen LogP) is 2.25. The van der Waals surface area contributed by atoms with E-state index in [1.165, 1.54) is 11.3 Å². The molecule has 0 N–H and O–H groups in total. The van der Waals surface area contributed by atoms with Gasteiger partial charge in [0.05, 0.1) is 5.71 Å². The molecule has 2 aliphatic rings. The first-order chi connectivity index (χ1) is 6.86. The number of rotatable bonds is 0. The van der Waals surface area contributed by atoms with E-state index in [1.807, 2.05) is 6.07 Å². The average Bonchev–Trinajstić information content (AvgIpc) is 2.61. The van der Waals surface area contributed by atoms with Crippen LogP contribution in [0, 0.1) is 5.92 Å². The molecule has 0 aliphatic carbocycles. The minimum atomic E-state index is 0.514. The van der Waals surface area contributed by atoms with Crippen molar-refractivity contribution in [3.8, 4) is 5.75 Å². The number of benzene rings is 1. The average molecular weight is 187 g/mol. The smallest absolute Gasteiger partial charge is 0.127 e. The van der Waals surface area contributed by atoms with E-state index in [4.69, 9.17) is 4.74 Å². The van der Waals surface area contributed by atoms with E-state index in [0.29, 0.717) is 18.4 Å².